The zero-order chi connectivity index (χ0) is 14.0. The molecule has 0 aromatic heterocycles. The second-order valence-corrected chi connectivity index (χ2v) is 5.69. The summed E-state index contributed by atoms with van der Waals surface area (Å²) in [5, 5.41) is 0.887. The predicted octanol–water partition coefficient (Wildman–Crippen LogP) is 3.46. The molecular formula is C13H14Cl3NO2. The zero-order valence-corrected chi connectivity index (χ0v) is 12.7. The van der Waals surface area contributed by atoms with E-state index in [9.17, 15) is 4.79 Å². The summed E-state index contributed by atoms with van der Waals surface area (Å²) in [5.41, 5.74) is 0.413. The van der Waals surface area contributed by atoms with Gasteiger partial charge in [0.1, 0.15) is 0 Å². The summed E-state index contributed by atoms with van der Waals surface area (Å²) < 4.78 is 5.52. The van der Waals surface area contributed by atoms with Crippen LogP contribution in [0.25, 0.3) is 0 Å². The van der Waals surface area contributed by atoms with Crippen LogP contribution in [0.15, 0.2) is 18.2 Å². The molecule has 1 saturated heterocycles. The van der Waals surface area contributed by atoms with E-state index in [1.165, 1.54) is 0 Å². The largest absolute Gasteiger partial charge is 0.373 e. The van der Waals surface area contributed by atoms with Gasteiger partial charge in [-0.2, -0.15) is 0 Å². The Kier molecular flexibility index (Phi) is 4.96. The lowest BCUT2D eigenvalue weighted by Gasteiger charge is -2.37. The standard InChI is InChI=1S/C13H14Cl3NO2/c1-8-7-19-10(5-14)6-17(8)13(18)11-4-9(15)2-3-12(11)16/h2-4,8,10H,5-7H2,1H3. The van der Waals surface area contributed by atoms with Gasteiger partial charge in [0.2, 0.25) is 0 Å². The van der Waals surface area contributed by atoms with E-state index in [4.69, 9.17) is 39.5 Å². The number of alkyl halides is 1. The topological polar surface area (TPSA) is 29.5 Å². The monoisotopic (exact) mass is 321 g/mol. The number of halogens is 3. The van der Waals surface area contributed by atoms with Crippen LogP contribution < -0.4 is 0 Å². The average Bonchev–Trinajstić information content (AvgIpc) is 2.41. The summed E-state index contributed by atoms with van der Waals surface area (Å²) in [6.07, 6.45) is -0.139. The highest BCUT2D eigenvalue weighted by Crippen LogP contribution is 2.24. The minimum atomic E-state index is -0.140. The molecule has 0 saturated carbocycles. The Morgan fingerprint density at radius 1 is 1.47 bits per heavy atom. The van der Waals surface area contributed by atoms with Crippen LogP contribution in [0, 0.1) is 0 Å². The fourth-order valence-electron chi connectivity index (χ4n) is 2.01. The normalized spacial score (nSPS) is 23.5. The number of ether oxygens (including phenoxy) is 1. The summed E-state index contributed by atoms with van der Waals surface area (Å²) in [6, 6.07) is 4.86. The minimum absolute atomic E-state index is 0.0120. The van der Waals surface area contributed by atoms with Gasteiger partial charge in [-0.05, 0) is 25.1 Å². The average molecular weight is 323 g/mol. The highest BCUT2D eigenvalue weighted by molar-refractivity contribution is 6.35. The van der Waals surface area contributed by atoms with E-state index in [0.717, 1.165) is 0 Å². The molecular weight excluding hydrogens is 309 g/mol. The molecule has 0 radical (unpaired) electrons. The van der Waals surface area contributed by atoms with E-state index in [-0.39, 0.29) is 18.1 Å². The molecule has 104 valence electrons. The molecule has 6 heteroatoms. The maximum atomic E-state index is 12.5. The maximum absolute atomic E-state index is 12.5. The molecule has 19 heavy (non-hydrogen) atoms. The Bertz CT molecular complexity index is 481. The summed E-state index contributed by atoms with van der Waals surface area (Å²) in [5.74, 6) is 0.221. The molecule has 1 heterocycles. The molecule has 0 bridgehead atoms. The predicted molar refractivity (Wildman–Crippen MR) is 77.4 cm³/mol. The fourth-order valence-corrected chi connectivity index (χ4v) is 2.57. The molecule has 0 N–H and O–H groups in total. The van der Waals surface area contributed by atoms with E-state index in [0.29, 0.717) is 34.6 Å². The van der Waals surface area contributed by atoms with Gasteiger partial charge in [-0.1, -0.05) is 23.2 Å². The fraction of sp³-hybridized carbons (Fsp3) is 0.462. The van der Waals surface area contributed by atoms with E-state index in [1.807, 2.05) is 6.92 Å². The first kappa shape index (κ1) is 14.9. The van der Waals surface area contributed by atoms with Crippen LogP contribution in [-0.4, -0.2) is 42.0 Å². The van der Waals surface area contributed by atoms with Crippen molar-refractivity contribution < 1.29 is 9.53 Å². The van der Waals surface area contributed by atoms with E-state index >= 15 is 0 Å². The first-order valence-corrected chi connectivity index (χ1v) is 7.25. The van der Waals surface area contributed by atoms with Crippen molar-refractivity contribution in [2.24, 2.45) is 0 Å². The smallest absolute Gasteiger partial charge is 0.255 e. The molecule has 1 fully saturated rings. The molecule has 0 aliphatic carbocycles. The Labute approximate surface area is 127 Å². The van der Waals surface area contributed by atoms with E-state index < -0.39 is 0 Å². The zero-order valence-electron chi connectivity index (χ0n) is 10.4. The summed E-state index contributed by atoms with van der Waals surface area (Å²) in [4.78, 5) is 14.3. The lowest BCUT2D eigenvalue weighted by Crippen LogP contribution is -2.51. The molecule has 0 spiro atoms. The number of amides is 1. The van der Waals surface area contributed by atoms with Gasteiger partial charge in [0.25, 0.3) is 5.91 Å². The van der Waals surface area contributed by atoms with Crippen molar-refractivity contribution >= 4 is 40.7 Å². The molecule has 1 aliphatic rings. The van der Waals surface area contributed by atoms with Crippen LogP contribution in [0.4, 0.5) is 0 Å². The molecule has 2 atom stereocenters. The number of rotatable bonds is 2. The minimum Gasteiger partial charge on any atom is -0.373 e. The van der Waals surface area contributed by atoms with E-state index in [1.54, 1.807) is 23.1 Å². The highest BCUT2D eigenvalue weighted by Gasteiger charge is 2.30. The molecule has 2 rings (SSSR count). The van der Waals surface area contributed by atoms with Crippen molar-refractivity contribution in [3.63, 3.8) is 0 Å². The third kappa shape index (κ3) is 3.34. The van der Waals surface area contributed by atoms with Crippen molar-refractivity contribution in [3.8, 4) is 0 Å². The number of hydrogen-bond acceptors (Lipinski definition) is 2. The van der Waals surface area contributed by atoms with Crippen molar-refractivity contribution in [3.05, 3.63) is 33.8 Å². The third-order valence-electron chi connectivity index (χ3n) is 3.10. The molecule has 1 aromatic carbocycles. The quantitative estimate of drug-likeness (QED) is 0.780. The Hall–Kier alpha value is -0.480. The van der Waals surface area contributed by atoms with Crippen LogP contribution in [0.1, 0.15) is 17.3 Å². The van der Waals surface area contributed by atoms with Gasteiger partial charge in [-0.25, -0.2) is 0 Å². The number of carbonyl (C=O) groups is 1. The van der Waals surface area contributed by atoms with Crippen LogP contribution in [0.2, 0.25) is 10.0 Å². The highest BCUT2D eigenvalue weighted by atomic mass is 35.5. The number of morpholine rings is 1. The third-order valence-corrected chi connectivity index (χ3v) is 4.01. The first-order chi connectivity index (χ1) is 9.02. The molecule has 2 unspecified atom stereocenters. The second kappa shape index (κ2) is 6.31. The van der Waals surface area contributed by atoms with Gasteiger partial charge in [-0.15, -0.1) is 11.6 Å². The Morgan fingerprint density at radius 3 is 2.89 bits per heavy atom. The van der Waals surface area contributed by atoms with Crippen LogP contribution in [0.3, 0.4) is 0 Å². The molecule has 1 aromatic rings. The lowest BCUT2D eigenvalue weighted by atomic mass is 10.1. The number of nitrogens with zero attached hydrogens (tertiary/aromatic N) is 1. The number of benzene rings is 1. The maximum Gasteiger partial charge on any atom is 0.255 e. The summed E-state index contributed by atoms with van der Waals surface area (Å²) >= 11 is 17.8. The van der Waals surface area contributed by atoms with Crippen molar-refractivity contribution in [2.45, 2.75) is 19.1 Å². The van der Waals surface area contributed by atoms with Gasteiger partial charge < -0.3 is 9.64 Å². The van der Waals surface area contributed by atoms with Crippen molar-refractivity contribution in [2.75, 3.05) is 19.0 Å². The van der Waals surface area contributed by atoms with Gasteiger partial charge in [-0.3, -0.25) is 4.79 Å². The molecule has 1 aliphatic heterocycles. The van der Waals surface area contributed by atoms with E-state index in [2.05, 4.69) is 0 Å². The van der Waals surface area contributed by atoms with Gasteiger partial charge >= 0.3 is 0 Å². The van der Waals surface area contributed by atoms with Gasteiger partial charge in [0.05, 0.1) is 35.2 Å². The molecule has 3 nitrogen and oxygen atoms in total. The van der Waals surface area contributed by atoms with Gasteiger partial charge in [0, 0.05) is 11.6 Å². The number of carbonyl (C=O) groups excluding carboxylic acids is 1. The summed E-state index contributed by atoms with van der Waals surface area (Å²) in [7, 11) is 0. The SMILES string of the molecule is CC1COC(CCl)CN1C(=O)c1cc(Cl)ccc1Cl. The first-order valence-electron chi connectivity index (χ1n) is 5.96. The van der Waals surface area contributed by atoms with Crippen molar-refractivity contribution in [1.82, 2.24) is 4.90 Å². The molecule has 1 amide bonds. The summed E-state index contributed by atoms with van der Waals surface area (Å²) in [6.45, 7) is 2.87. The number of hydrogen-bond donors (Lipinski definition) is 0. The Morgan fingerprint density at radius 2 is 2.21 bits per heavy atom. The van der Waals surface area contributed by atoms with Crippen LogP contribution in [0.5, 0.6) is 0 Å². The lowest BCUT2D eigenvalue weighted by molar-refractivity contribution is -0.0371. The van der Waals surface area contributed by atoms with Crippen LogP contribution >= 0.6 is 34.8 Å². The second-order valence-electron chi connectivity index (χ2n) is 4.54. The van der Waals surface area contributed by atoms with Gasteiger partial charge in [0.15, 0.2) is 0 Å². The van der Waals surface area contributed by atoms with Crippen molar-refractivity contribution in [1.29, 1.82) is 0 Å². The van der Waals surface area contributed by atoms with Crippen LogP contribution in [-0.2, 0) is 4.74 Å². The Balaban J connectivity index is 2.24.